The van der Waals surface area contributed by atoms with Crippen LogP contribution in [0.15, 0.2) is 30.3 Å². The summed E-state index contributed by atoms with van der Waals surface area (Å²) in [5.74, 6) is -2.34. The molecule has 0 saturated carbocycles. The third-order valence-electron chi connectivity index (χ3n) is 4.51. The van der Waals surface area contributed by atoms with Crippen LogP contribution in [-0.2, 0) is 30.3 Å². The molecular formula is C24H36N2O5. The second kappa shape index (κ2) is 13.6. The Balaban J connectivity index is 2.46. The standard InChI is InChI=1S/C24H36N2O5/c1-5-6-15-19(22(29)25-17-21(28)31-24(2,3)4)26-23(30)20(27)16-11-10-14-18-12-8-7-9-13-18/h7-9,12-13,19H,5-6,10-11,14-17H2,1-4H3,(H,25,29)(H,26,30)/t19-/m0/s1. The number of rotatable bonds is 13. The first-order valence-electron chi connectivity index (χ1n) is 11.0. The van der Waals surface area contributed by atoms with Crippen molar-refractivity contribution in [1.82, 2.24) is 10.6 Å². The van der Waals surface area contributed by atoms with Crippen LogP contribution in [0.25, 0.3) is 0 Å². The number of aryl methyl sites for hydroxylation is 1. The summed E-state index contributed by atoms with van der Waals surface area (Å²) in [5, 5.41) is 5.02. The molecule has 1 aromatic rings. The molecule has 172 valence electrons. The molecule has 31 heavy (non-hydrogen) atoms. The van der Waals surface area contributed by atoms with Gasteiger partial charge in [-0.05, 0) is 52.0 Å². The lowest BCUT2D eigenvalue weighted by atomic mass is 10.0. The van der Waals surface area contributed by atoms with E-state index in [1.807, 2.05) is 37.3 Å². The molecule has 0 heterocycles. The molecule has 1 rings (SSSR count). The van der Waals surface area contributed by atoms with Gasteiger partial charge in [-0.2, -0.15) is 0 Å². The molecule has 0 aliphatic carbocycles. The lowest BCUT2D eigenvalue weighted by molar-refractivity contribution is -0.154. The monoisotopic (exact) mass is 432 g/mol. The highest BCUT2D eigenvalue weighted by Crippen LogP contribution is 2.08. The maximum absolute atomic E-state index is 12.4. The van der Waals surface area contributed by atoms with Crippen molar-refractivity contribution in [3.05, 3.63) is 35.9 Å². The topological polar surface area (TPSA) is 102 Å². The molecule has 2 N–H and O–H groups in total. The summed E-state index contributed by atoms with van der Waals surface area (Å²) in [7, 11) is 0. The maximum atomic E-state index is 12.4. The number of Topliss-reactive ketones (excluding diaryl/α,β-unsaturated/α-hetero) is 1. The van der Waals surface area contributed by atoms with Crippen LogP contribution in [0.4, 0.5) is 0 Å². The Labute approximate surface area is 185 Å². The fraction of sp³-hybridized carbons (Fsp3) is 0.583. The molecule has 1 aromatic carbocycles. The Morgan fingerprint density at radius 1 is 1.00 bits per heavy atom. The predicted molar refractivity (Wildman–Crippen MR) is 119 cm³/mol. The van der Waals surface area contributed by atoms with Gasteiger partial charge >= 0.3 is 5.97 Å². The van der Waals surface area contributed by atoms with E-state index < -0.39 is 35.2 Å². The van der Waals surface area contributed by atoms with Crippen LogP contribution >= 0.6 is 0 Å². The summed E-state index contributed by atoms with van der Waals surface area (Å²) < 4.78 is 5.16. The molecular weight excluding hydrogens is 396 g/mol. The highest BCUT2D eigenvalue weighted by Gasteiger charge is 2.24. The molecule has 1 atom stereocenters. The minimum Gasteiger partial charge on any atom is -0.459 e. The van der Waals surface area contributed by atoms with Crippen LogP contribution in [0.1, 0.15) is 71.8 Å². The first-order chi connectivity index (χ1) is 14.6. The van der Waals surface area contributed by atoms with Gasteiger partial charge in [-0.15, -0.1) is 0 Å². The summed E-state index contributed by atoms with van der Waals surface area (Å²) in [6.07, 6.45) is 4.32. The zero-order chi connectivity index (χ0) is 23.3. The lowest BCUT2D eigenvalue weighted by Crippen LogP contribution is -2.50. The SMILES string of the molecule is CCCC[C@H](NC(=O)C(=O)CCCCc1ccccc1)C(=O)NCC(=O)OC(C)(C)C. The summed E-state index contributed by atoms with van der Waals surface area (Å²) in [4.78, 5) is 48.7. The van der Waals surface area contributed by atoms with Crippen molar-refractivity contribution in [3.8, 4) is 0 Å². The molecule has 0 aromatic heterocycles. The third kappa shape index (κ3) is 11.9. The number of amides is 2. The lowest BCUT2D eigenvalue weighted by Gasteiger charge is -2.21. The second-order valence-electron chi connectivity index (χ2n) is 8.59. The van der Waals surface area contributed by atoms with Crippen molar-refractivity contribution in [2.24, 2.45) is 0 Å². The van der Waals surface area contributed by atoms with Crippen molar-refractivity contribution in [1.29, 1.82) is 0 Å². The van der Waals surface area contributed by atoms with E-state index in [-0.39, 0.29) is 13.0 Å². The zero-order valence-corrected chi connectivity index (χ0v) is 19.2. The number of carbonyl (C=O) groups excluding carboxylic acids is 4. The fourth-order valence-electron chi connectivity index (χ4n) is 2.95. The molecule has 7 heteroatoms. The first-order valence-corrected chi connectivity index (χ1v) is 11.0. The molecule has 0 aliphatic rings. The largest absolute Gasteiger partial charge is 0.459 e. The van der Waals surface area contributed by atoms with Crippen molar-refractivity contribution in [2.75, 3.05) is 6.54 Å². The third-order valence-corrected chi connectivity index (χ3v) is 4.51. The van der Waals surface area contributed by atoms with Crippen LogP contribution in [-0.4, -0.2) is 41.8 Å². The molecule has 0 saturated heterocycles. The average molecular weight is 433 g/mol. The number of benzene rings is 1. The number of ketones is 1. The smallest absolute Gasteiger partial charge is 0.325 e. The molecule has 2 amide bonds. The average Bonchev–Trinajstić information content (AvgIpc) is 2.71. The van der Waals surface area contributed by atoms with Gasteiger partial charge < -0.3 is 15.4 Å². The number of ether oxygens (including phenoxy) is 1. The highest BCUT2D eigenvalue weighted by atomic mass is 16.6. The van der Waals surface area contributed by atoms with Crippen LogP contribution < -0.4 is 10.6 Å². The van der Waals surface area contributed by atoms with Gasteiger partial charge in [0, 0.05) is 6.42 Å². The molecule has 7 nitrogen and oxygen atoms in total. The number of carbonyl (C=O) groups is 4. The number of hydrogen-bond donors (Lipinski definition) is 2. The van der Waals surface area contributed by atoms with Gasteiger partial charge in [-0.3, -0.25) is 19.2 Å². The Morgan fingerprint density at radius 3 is 2.29 bits per heavy atom. The van der Waals surface area contributed by atoms with Gasteiger partial charge in [-0.25, -0.2) is 0 Å². The van der Waals surface area contributed by atoms with E-state index in [1.54, 1.807) is 20.8 Å². The Kier molecular flexibility index (Phi) is 11.5. The van der Waals surface area contributed by atoms with E-state index in [0.29, 0.717) is 19.3 Å². The molecule has 0 fully saturated rings. The minimum atomic E-state index is -0.858. The van der Waals surface area contributed by atoms with Gasteiger partial charge in [-0.1, -0.05) is 50.1 Å². The van der Waals surface area contributed by atoms with Crippen molar-refractivity contribution < 1.29 is 23.9 Å². The minimum absolute atomic E-state index is 0.138. The van der Waals surface area contributed by atoms with Crippen LogP contribution in [0.2, 0.25) is 0 Å². The van der Waals surface area contributed by atoms with E-state index in [9.17, 15) is 19.2 Å². The normalized spacial score (nSPS) is 12.0. The van der Waals surface area contributed by atoms with Gasteiger partial charge in [0.25, 0.3) is 5.91 Å². The molecule has 0 unspecified atom stereocenters. The number of esters is 1. The van der Waals surface area contributed by atoms with Crippen molar-refractivity contribution in [2.45, 2.75) is 84.3 Å². The van der Waals surface area contributed by atoms with Crippen molar-refractivity contribution in [3.63, 3.8) is 0 Å². The molecule has 0 bridgehead atoms. The van der Waals surface area contributed by atoms with Crippen LogP contribution in [0, 0.1) is 0 Å². The summed E-state index contributed by atoms with van der Waals surface area (Å²) in [6.45, 7) is 6.89. The van der Waals surface area contributed by atoms with Gasteiger partial charge in [0.2, 0.25) is 11.7 Å². The quantitative estimate of drug-likeness (QED) is 0.283. The summed E-state index contributed by atoms with van der Waals surface area (Å²) >= 11 is 0. The number of hydrogen-bond acceptors (Lipinski definition) is 5. The van der Waals surface area contributed by atoms with E-state index >= 15 is 0 Å². The molecule has 0 aliphatic heterocycles. The predicted octanol–water partition coefficient (Wildman–Crippen LogP) is 3.10. The maximum Gasteiger partial charge on any atom is 0.325 e. The number of unbranched alkanes of at least 4 members (excludes halogenated alkanes) is 2. The Hall–Kier alpha value is -2.70. The summed E-state index contributed by atoms with van der Waals surface area (Å²) in [5.41, 5.74) is 0.547. The highest BCUT2D eigenvalue weighted by molar-refractivity contribution is 6.36. The van der Waals surface area contributed by atoms with Gasteiger partial charge in [0.05, 0.1) is 0 Å². The van der Waals surface area contributed by atoms with E-state index in [2.05, 4.69) is 10.6 Å². The Morgan fingerprint density at radius 2 is 1.68 bits per heavy atom. The fourth-order valence-corrected chi connectivity index (χ4v) is 2.95. The van der Waals surface area contributed by atoms with Gasteiger partial charge in [0.1, 0.15) is 18.2 Å². The zero-order valence-electron chi connectivity index (χ0n) is 19.2. The molecule has 0 radical (unpaired) electrons. The van der Waals surface area contributed by atoms with E-state index in [4.69, 9.17) is 4.74 Å². The summed E-state index contributed by atoms with van der Waals surface area (Å²) in [6, 6.07) is 9.10. The second-order valence-corrected chi connectivity index (χ2v) is 8.59. The Bertz CT molecular complexity index is 725. The van der Waals surface area contributed by atoms with E-state index in [0.717, 1.165) is 19.3 Å². The first kappa shape index (κ1) is 26.3. The van der Waals surface area contributed by atoms with Crippen LogP contribution in [0.3, 0.4) is 0 Å². The van der Waals surface area contributed by atoms with Gasteiger partial charge in [0.15, 0.2) is 0 Å². The van der Waals surface area contributed by atoms with Crippen molar-refractivity contribution >= 4 is 23.6 Å². The van der Waals surface area contributed by atoms with E-state index in [1.165, 1.54) is 5.56 Å². The number of nitrogens with one attached hydrogen (secondary N) is 2. The molecule has 0 spiro atoms. The van der Waals surface area contributed by atoms with Crippen LogP contribution in [0.5, 0.6) is 0 Å².